The summed E-state index contributed by atoms with van der Waals surface area (Å²) in [7, 11) is 0. The van der Waals surface area contributed by atoms with Crippen LogP contribution < -0.4 is 0 Å². The molecule has 0 fully saturated rings. The minimum atomic E-state index is -0.634. The molecule has 1 aromatic carbocycles. The highest BCUT2D eigenvalue weighted by molar-refractivity contribution is 5.31. The van der Waals surface area contributed by atoms with Gasteiger partial charge in [0, 0.05) is 11.8 Å². The van der Waals surface area contributed by atoms with E-state index in [-0.39, 0.29) is 12.7 Å². The van der Waals surface area contributed by atoms with E-state index in [1.165, 1.54) is 0 Å². The van der Waals surface area contributed by atoms with Crippen LogP contribution in [0.2, 0.25) is 0 Å². The van der Waals surface area contributed by atoms with Crippen LogP contribution in [0.15, 0.2) is 42.7 Å². The van der Waals surface area contributed by atoms with Crippen LogP contribution in [0.4, 0.5) is 0 Å². The lowest BCUT2D eigenvalue weighted by Gasteiger charge is -2.11. The molecular formula is C14H18N2O2. The highest BCUT2D eigenvalue weighted by atomic mass is 16.5. The van der Waals surface area contributed by atoms with Gasteiger partial charge in [0.15, 0.2) is 0 Å². The Balaban J connectivity index is 2.06. The molecule has 96 valence electrons. The van der Waals surface area contributed by atoms with E-state index in [0.29, 0.717) is 0 Å². The molecule has 0 amide bonds. The van der Waals surface area contributed by atoms with Gasteiger partial charge in [-0.2, -0.15) is 5.10 Å². The van der Waals surface area contributed by atoms with Crippen LogP contribution in [0.1, 0.15) is 25.5 Å². The summed E-state index contributed by atoms with van der Waals surface area (Å²) in [6.07, 6.45) is 2.97. The van der Waals surface area contributed by atoms with Crippen molar-refractivity contribution < 1.29 is 9.84 Å². The van der Waals surface area contributed by atoms with E-state index in [1.807, 2.05) is 50.4 Å². The van der Waals surface area contributed by atoms with Crippen LogP contribution in [-0.4, -0.2) is 27.6 Å². The highest BCUT2D eigenvalue weighted by Crippen LogP contribution is 2.15. The zero-order chi connectivity index (χ0) is 13.0. The number of benzene rings is 1. The fourth-order valence-corrected chi connectivity index (χ4v) is 1.61. The molecule has 0 saturated heterocycles. The minimum Gasteiger partial charge on any atom is -0.386 e. The maximum atomic E-state index is 9.95. The second kappa shape index (κ2) is 5.80. The van der Waals surface area contributed by atoms with Crippen LogP contribution in [-0.2, 0) is 4.74 Å². The summed E-state index contributed by atoms with van der Waals surface area (Å²) in [6.45, 7) is 4.18. The molecule has 0 spiro atoms. The summed E-state index contributed by atoms with van der Waals surface area (Å²) in [4.78, 5) is 0. The van der Waals surface area contributed by atoms with Gasteiger partial charge in [0.05, 0.1) is 24.6 Å². The molecule has 18 heavy (non-hydrogen) atoms. The maximum absolute atomic E-state index is 9.95. The highest BCUT2D eigenvalue weighted by Gasteiger charge is 2.11. The average molecular weight is 246 g/mol. The number of para-hydroxylation sites is 1. The van der Waals surface area contributed by atoms with Crippen molar-refractivity contribution in [3.8, 4) is 5.69 Å². The second-order valence-corrected chi connectivity index (χ2v) is 4.45. The smallest absolute Gasteiger partial charge is 0.105 e. The molecule has 1 aromatic heterocycles. The fraction of sp³-hybridized carbons (Fsp3) is 0.357. The predicted octanol–water partition coefficient (Wildman–Crippen LogP) is 2.33. The molecule has 4 nitrogen and oxygen atoms in total. The molecule has 2 rings (SSSR count). The van der Waals surface area contributed by atoms with Gasteiger partial charge in [-0.1, -0.05) is 18.2 Å². The van der Waals surface area contributed by atoms with Gasteiger partial charge in [-0.3, -0.25) is 0 Å². The number of nitrogens with zero attached hydrogens (tertiary/aromatic N) is 2. The van der Waals surface area contributed by atoms with Crippen LogP contribution >= 0.6 is 0 Å². The quantitative estimate of drug-likeness (QED) is 0.880. The Morgan fingerprint density at radius 2 is 2.00 bits per heavy atom. The van der Waals surface area contributed by atoms with Crippen LogP contribution in [0.3, 0.4) is 0 Å². The lowest BCUT2D eigenvalue weighted by atomic mass is 10.2. The van der Waals surface area contributed by atoms with E-state index in [0.717, 1.165) is 11.3 Å². The molecule has 2 aromatic rings. The summed E-state index contributed by atoms with van der Waals surface area (Å²) in [5.74, 6) is 0. The number of hydrogen-bond donors (Lipinski definition) is 1. The number of aliphatic hydroxyl groups excluding tert-OH is 1. The predicted molar refractivity (Wildman–Crippen MR) is 69.6 cm³/mol. The van der Waals surface area contributed by atoms with E-state index >= 15 is 0 Å². The van der Waals surface area contributed by atoms with E-state index in [4.69, 9.17) is 4.74 Å². The van der Waals surface area contributed by atoms with Crippen molar-refractivity contribution in [3.63, 3.8) is 0 Å². The topological polar surface area (TPSA) is 47.3 Å². The third-order valence-electron chi connectivity index (χ3n) is 2.60. The van der Waals surface area contributed by atoms with Crippen molar-refractivity contribution in [2.75, 3.05) is 6.61 Å². The normalized spacial score (nSPS) is 12.9. The molecular weight excluding hydrogens is 228 g/mol. The first-order chi connectivity index (χ1) is 8.66. The first-order valence-electron chi connectivity index (χ1n) is 6.06. The van der Waals surface area contributed by atoms with Crippen molar-refractivity contribution >= 4 is 0 Å². The molecule has 1 heterocycles. The van der Waals surface area contributed by atoms with Crippen molar-refractivity contribution in [3.05, 3.63) is 48.3 Å². The molecule has 4 heteroatoms. The lowest BCUT2D eigenvalue weighted by Crippen LogP contribution is -2.11. The maximum Gasteiger partial charge on any atom is 0.105 e. The average Bonchev–Trinajstić information content (AvgIpc) is 2.86. The van der Waals surface area contributed by atoms with Gasteiger partial charge in [0.2, 0.25) is 0 Å². The monoisotopic (exact) mass is 246 g/mol. The van der Waals surface area contributed by atoms with Gasteiger partial charge in [-0.05, 0) is 26.0 Å². The minimum absolute atomic E-state index is 0.115. The molecule has 1 atom stereocenters. The Hall–Kier alpha value is -1.65. The number of ether oxygens (including phenoxy) is 1. The molecule has 0 saturated carbocycles. The Labute approximate surface area is 107 Å². The molecule has 0 bridgehead atoms. The summed E-state index contributed by atoms with van der Waals surface area (Å²) in [5.41, 5.74) is 1.74. The van der Waals surface area contributed by atoms with Gasteiger partial charge in [0.25, 0.3) is 0 Å². The number of rotatable bonds is 5. The Morgan fingerprint density at radius 3 is 2.67 bits per heavy atom. The lowest BCUT2D eigenvalue weighted by molar-refractivity contribution is 0.00492. The van der Waals surface area contributed by atoms with Crippen molar-refractivity contribution in [1.82, 2.24) is 9.78 Å². The third kappa shape index (κ3) is 3.18. The summed E-state index contributed by atoms with van der Waals surface area (Å²) in [5, 5.41) is 14.2. The molecule has 1 unspecified atom stereocenters. The summed E-state index contributed by atoms with van der Waals surface area (Å²) in [6, 6.07) is 9.80. The van der Waals surface area contributed by atoms with Crippen LogP contribution in [0.25, 0.3) is 5.69 Å². The Kier molecular flexibility index (Phi) is 4.12. The first kappa shape index (κ1) is 12.8. The number of aromatic nitrogens is 2. The van der Waals surface area contributed by atoms with E-state index in [9.17, 15) is 5.11 Å². The molecule has 0 radical (unpaired) electrons. The van der Waals surface area contributed by atoms with Gasteiger partial charge in [0.1, 0.15) is 6.10 Å². The van der Waals surface area contributed by atoms with Crippen LogP contribution in [0.5, 0.6) is 0 Å². The Bertz CT molecular complexity index is 480. The van der Waals surface area contributed by atoms with Gasteiger partial charge in [-0.25, -0.2) is 4.68 Å². The fourth-order valence-electron chi connectivity index (χ4n) is 1.61. The van der Waals surface area contributed by atoms with E-state index in [2.05, 4.69) is 5.10 Å². The van der Waals surface area contributed by atoms with Gasteiger partial charge < -0.3 is 9.84 Å². The molecule has 0 aliphatic rings. The zero-order valence-electron chi connectivity index (χ0n) is 10.7. The van der Waals surface area contributed by atoms with Crippen LogP contribution in [0, 0.1) is 0 Å². The molecule has 0 aliphatic carbocycles. The Morgan fingerprint density at radius 1 is 1.28 bits per heavy atom. The van der Waals surface area contributed by atoms with E-state index in [1.54, 1.807) is 10.9 Å². The number of hydrogen-bond acceptors (Lipinski definition) is 3. The standard InChI is InChI=1S/C14H18N2O2/c1-11(2)18-10-14(17)12-8-15-16(9-12)13-6-4-3-5-7-13/h3-9,11,14,17H,10H2,1-2H3. The zero-order valence-corrected chi connectivity index (χ0v) is 10.7. The summed E-state index contributed by atoms with van der Waals surface area (Å²) < 4.78 is 7.13. The summed E-state index contributed by atoms with van der Waals surface area (Å²) >= 11 is 0. The SMILES string of the molecule is CC(C)OCC(O)c1cnn(-c2ccccc2)c1. The van der Waals surface area contributed by atoms with Crippen molar-refractivity contribution in [2.24, 2.45) is 0 Å². The largest absolute Gasteiger partial charge is 0.386 e. The van der Waals surface area contributed by atoms with Crippen molar-refractivity contribution in [1.29, 1.82) is 0 Å². The van der Waals surface area contributed by atoms with Crippen molar-refractivity contribution in [2.45, 2.75) is 26.1 Å². The van der Waals surface area contributed by atoms with Gasteiger partial charge in [-0.15, -0.1) is 0 Å². The molecule has 1 N–H and O–H groups in total. The number of aliphatic hydroxyl groups is 1. The second-order valence-electron chi connectivity index (χ2n) is 4.45. The van der Waals surface area contributed by atoms with Gasteiger partial charge >= 0.3 is 0 Å². The third-order valence-corrected chi connectivity index (χ3v) is 2.60. The molecule has 0 aliphatic heterocycles. The van der Waals surface area contributed by atoms with E-state index < -0.39 is 6.10 Å². The first-order valence-corrected chi connectivity index (χ1v) is 6.06.